The van der Waals surface area contributed by atoms with Crippen LogP contribution in [0.4, 0.5) is 11.5 Å². The van der Waals surface area contributed by atoms with Crippen LogP contribution in [0.25, 0.3) is 0 Å². The highest BCUT2D eigenvalue weighted by molar-refractivity contribution is 5.98. The van der Waals surface area contributed by atoms with Crippen molar-refractivity contribution in [2.24, 2.45) is 10.1 Å². The Morgan fingerprint density at radius 3 is 2.35 bits per heavy atom. The zero-order chi connectivity index (χ0) is 18.2. The molecule has 26 heavy (non-hydrogen) atoms. The number of hydrogen-bond donors (Lipinski definition) is 1. The van der Waals surface area contributed by atoms with Crippen molar-refractivity contribution in [2.45, 2.75) is 0 Å². The van der Waals surface area contributed by atoms with Gasteiger partial charge >= 0.3 is 0 Å². The lowest BCUT2D eigenvalue weighted by Gasteiger charge is -2.04. The van der Waals surface area contributed by atoms with Crippen LogP contribution in [-0.4, -0.2) is 26.9 Å². The fourth-order valence-electron chi connectivity index (χ4n) is 2.03. The van der Waals surface area contributed by atoms with Crippen LogP contribution in [0.2, 0.25) is 0 Å². The fourth-order valence-corrected chi connectivity index (χ4v) is 2.03. The third kappa shape index (κ3) is 4.54. The molecule has 0 aliphatic heterocycles. The molecule has 0 radical (unpaired) electrons. The van der Waals surface area contributed by atoms with E-state index in [4.69, 9.17) is 0 Å². The molecule has 0 aliphatic rings. The summed E-state index contributed by atoms with van der Waals surface area (Å²) < 4.78 is 0. The molecule has 2 heterocycles. The number of hydrogen-bond acceptors (Lipinski definition) is 6. The standard InChI is InChI=1S/C18H14N6O2/c25-24(26)15-9-7-14(8-10-15)13-21-23-18(16-5-1-3-11-19-16)22-17-6-2-4-12-20-17/h1-13H,(H,20,22,23)/b21-13+. The predicted molar refractivity (Wildman–Crippen MR) is 98.5 cm³/mol. The van der Waals surface area contributed by atoms with Gasteiger partial charge in [-0.05, 0) is 42.0 Å². The fraction of sp³-hybridized carbons (Fsp3) is 0. The Bertz CT molecular complexity index is 925. The van der Waals surface area contributed by atoms with Gasteiger partial charge in [0.2, 0.25) is 0 Å². The summed E-state index contributed by atoms with van der Waals surface area (Å²) in [5.41, 5.74) is 4.20. The van der Waals surface area contributed by atoms with Gasteiger partial charge in [0.15, 0.2) is 11.7 Å². The van der Waals surface area contributed by atoms with E-state index in [1.54, 1.807) is 48.9 Å². The van der Waals surface area contributed by atoms with Crippen molar-refractivity contribution in [3.8, 4) is 0 Å². The van der Waals surface area contributed by atoms with Crippen LogP contribution in [-0.2, 0) is 0 Å². The predicted octanol–water partition coefficient (Wildman–Crippen LogP) is 3.09. The van der Waals surface area contributed by atoms with Crippen molar-refractivity contribution in [1.29, 1.82) is 0 Å². The highest BCUT2D eigenvalue weighted by Gasteiger charge is 2.05. The summed E-state index contributed by atoms with van der Waals surface area (Å²) in [5.74, 6) is 0.952. The first-order valence-electron chi connectivity index (χ1n) is 7.67. The number of aliphatic imine (C=N–C) groups is 1. The minimum atomic E-state index is -0.447. The maximum atomic E-state index is 10.7. The Labute approximate surface area is 149 Å². The molecular weight excluding hydrogens is 332 g/mol. The lowest BCUT2D eigenvalue weighted by Crippen LogP contribution is -2.20. The SMILES string of the molecule is O=[N+]([O-])c1ccc(/C=N/N/C(=N/c2ccccn2)c2ccccn2)cc1. The minimum Gasteiger partial charge on any atom is -0.259 e. The number of nitro groups is 1. The first kappa shape index (κ1) is 16.9. The molecule has 0 saturated heterocycles. The summed E-state index contributed by atoms with van der Waals surface area (Å²) >= 11 is 0. The number of nitrogens with zero attached hydrogens (tertiary/aromatic N) is 5. The second kappa shape index (κ2) is 8.25. The Kier molecular flexibility index (Phi) is 5.36. The van der Waals surface area contributed by atoms with E-state index in [0.29, 0.717) is 22.9 Å². The number of aromatic nitrogens is 2. The topological polar surface area (TPSA) is 106 Å². The van der Waals surface area contributed by atoms with Gasteiger partial charge in [0.25, 0.3) is 5.69 Å². The molecule has 0 amide bonds. The van der Waals surface area contributed by atoms with Crippen LogP contribution in [0.5, 0.6) is 0 Å². The van der Waals surface area contributed by atoms with Gasteiger partial charge in [-0.1, -0.05) is 12.1 Å². The number of hydrazone groups is 1. The number of benzene rings is 1. The maximum absolute atomic E-state index is 10.7. The monoisotopic (exact) mass is 346 g/mol. The molecule has 3 aromatic rings. The van der Waals surface area contributed by atoms with Gasteiger partial charge in [0, 0.05) is 24.5 Å². The summed E-state index contributed by atoms with van der Waals surface area (Å²) in [7, 11) is 0. The second-order valence-corrected chi connectivity index (χ2v) is 5.08. The van der Waals surface area contributed by atoms with E-state index in [9.17, 15) is 10.1 Å². The van der Waals surface area contributed by atoms with Gasteiger partial charge < -0.3 is 0 Å². The number of pyridine rings is 2. The highest BCUT2D eigenvalue weighted by atomic mass is 16.6. The van der Waals surface area contributed by atoms with E-state index in [1.807, 2.05) is 18.2 Å². The van der Waals surface area contributed by atoms with Crippen LogP contribution in [0, 0.1) is 10.1 Å². The van der Waals surface area contributed by atoms with Crippen molar-refractivity contribution in [1.82, 2.24) is 15.4 Å². The van der Waals surface area contributed by atoms with E-state index in [-0.39, 0.29) is 5.69 Å². The Balaban J connectivity index is 1.80. The Hall–Kier alpha value is -3.94. The average Bonchev–Trinajstić information content (AvgIpc) is 2.69. The lowest BCUT2D eigenvalue weighted by molar-refractivity contribution is -0.384. The van der Waals surface area contributed by atoms with Crippen LogP contribution in [0.3, 0.4) is 0 Å². The summed E-state index contributed by atoms with van der Waals surface area (Å²) in [6.45, 7) is 0. The molecule has 0 saturated carbocycles. The van der Waals surface area contributed by atoms with Crippen LogP contribution >= 0.6 is 0 Å². The van der Waals surface area contributed by atoms with Gasteiger partial charge in [-0.25, -0.2) is 9.98 Å². The zero-order valence-corrected chi connectivity index (χ0v) is 13.6. The number of nitrogens with one attached hydrogen (secondary N) is 1. The average molecular weight is 346 g/mol. The quantitative estimate of drug-likeness (QED) is 0.331. The molecule has 8 heteroatoms. The zero-order valence-electron chi connectivity index (χ0n) is 13.6. The molecule has 0 atom stereocenters. The molecule has 0 spiro atoms. The van der Waals surface area contributed by atoms with Gasteiger partial charge in [-0.3, -0.25) is 20.5 Å². The van der Waals surface area contributed by atoms with Crippen LogP contribution in [0.15, 0.2) is 83.2 Å². The minimum absolute atomic E-state index is 0.0287. The number of non-ortho nitro benzene ring substituents is 1. The molecule has 0 aliphatic carbocycles. The molecule has 8 nitrogen and oxygen atoms in total. The molecule has 0 unspecified atom stereocenters. The van der Waals surface area contributed by atoms with E-state index >= 15 is 0 Å². The molecule has 1 N–H and O–H groups in total. The van der Waals surface area contributed by atoms with Crippen molar-refractivity contribution in [3.63, 3.8) is 0 Å². The summed E-state index contributed by atoms with van der Waals surface area (Å²) in [6, 6.07) is 16.9. The molecule has 1 aromatic carbocycles. The van der Waals surface area contributed by atoms with Crippen molar-refractivity contribution in [3.05, 3.63) is 94.4 Å². The Morgan fingerprint density at radius 1 is 1.00 bits per heavy atom. The molecule has 0 fully saturated rings. The smallest absolute Gasteiger partial charge is 0.259 e. The van der Waals surface area contributed by atoms with E-state index in [0.717, 1.165) is 0 Å². The number of amidine groups is 1. The van der Waals surface area contributed by atoms with E-state index < -0.39 is 4.92 Å². The molecule has 0 bridgehead atoms. The van der Waals surface area contributed by atoms with Crippen molar-refractivity contribution >= 4 is 23.6 Å². The van der Waals surface area contributed by atoms with Gasteiger partial charge in [0.05, 0.1) is 11.1 Å². The third-order valence-corrected chi connectivity index (χ3v) is 3.27. The maximum Gasteiger partial charge on any atom is 0.269 e. The van der Waals surface area contributed by atoms with E-state index in [2.05, 4.69) is 25.5 Å². The van der Waals surface area contributed by atoms with Crippen LogP contribution in [0.1, 0.15) is 11.3 Å². The molecule has 2 aromatic heterocycles. The summed E-state index contributed by atoms with van der Waals surface area (Å²) in [6.07, 6.45) is 4.85. The number of nitro benzene ring substituents is 1. The third-order valence-electron chi connectivity index (χ3n) is 3.27. The highest BCUT2D eigenvalue weighted by Crippen LogP contribution is 2.11. The normalized spacial score (nSPS) is 11.5. The van der Waals surface area contributed by atoms with Gasteiger partial charge in [0.1, 0.15) is 5.69 Å². The Morgan fingerprint density at radius 2 is 1.73 bits per heavy atom. The van der Waals surface area contributed by atoms with Crippen molar-refractivity contribution in [2.75, 3.05) is 0 Å². The first-order chi connectivity index (χ1) is 12.7. The van der Waals surface area contributed by atoms with E-state index in [1.165, 1.54) is 12.1 Å². The summed E-state index contributed by atoms with van der Waals surface area (Å²) in [5, 5.41) is 14.8. The summed E-state index contributed by atoms with van der Waals surface area (Å²) in [4.78, 5) is 23.1. The molecule has 3 rings (SSSR count). The largest absolute Gasteiger partial charge is 0.269 e. The molecule has 128 valence electrons. The first-order valence-corrected chi connectivity index (χ1v) is 7.67. The number of rotatable bonds is 5. The molecular formula is C18H14N6O2. The second-order valence-electron chi connectivity index (χ2n) is 5.08. The van der Waals surface area contributed by atoms with Crippen molar-refractivity contribution < 1.29 is 4.92 Å². The van der Waals surface area contributed by atoms with Gasteiger partial charge in [-0.15, -0.1) is 0 Å². The van der Waals surface area contributed by atoms with Crippen LogP contribution < -0.4 is 5.43 Å². The lowest BCUT2D eigenvalue weighted by atomic mass is 10.2. The van der Waals surface area contributed by atoms with Gasteiger partial charge in [-0.2, -0.15) is 5.10 Å².